The van der Waals surface area contributed by atoms with Crippen molar-refractivity contribution in [2.75, 3.05) is 20.2 Å². The molecule has 1 aliphatic carbocycles. The van der Waals surface area contributed by atoms with E-state index in [-0.39, 0.29) is 0 Å². The van der Waals surface area contributed by atoms with Gasteiger partial charge in [0, 0.05) is 6.04 Å². The van der Waals surface area contributed by atoms with Gasteiger partial charge in [0.25, 0.3) is 0 Å². The Hall–Kier alpha value is -1.02. The van der Waals surface area contributed by atoms with Crippen LogP contribution in [-0.2, 0) is 0 Å². The Morgan fingerprint density at radius 3 is 2.48 bits per heavy atom. The van der Waals surface area contributed by atoms with Crippen LogP contribution in [-0.4, -0.2) is 31.1 Å². The quantitative estimate of drug-likeness (QED) is 0.712. The average Bonchev–Trinajstić information content (AvgIpc) is 2.55. The van der Waals surface area contributed by atoms with Gasteiger partial charge in [-0.15, -0.1) is 0 Å². The van der Waals surface area contributed by atoms with Crippen molar-refractivity contribution in [2.45, 2.75) is 64.3 Å². The third-order valence-electron chi connectivity index (χ3n) is 4.74. The fourth-order valence-electron chi connectivity index (χ4n) is 3.83. The van der Waals surface area contributed by atoms with E-state index in [9.17, 15) is 0 Å². The molecular weight excluding hydrogens is 258 g/mol. The summed E-state index contributed by atoms with van der Waals surface area (Å²) in [5.41, 5.74) is 1.47. The Bertz CT molecular complexity index is 412. The summed E-state index contributed by atoms with van der Waals surface area (Å²) in [6, 6.07) is 9.45. The molecule has 0 spiro atoms. The van der Waals surface area contributed by atoms with Crippen LogP contribution in [0.25, 0.3) is 0 Å². The molecule has 2 rings (SSSR count). The normalized spacial score (nSPS) is 22.5. The van der Waals surface area contributed by atoms with Crippen LogP contribution in [0, 0.1) is 0 Å². The average molecular weight is 289 g/mol. The predicted molar refractivity (Wildman–Crippen MR) is 90.1 cm³/mol. The highest BCUT2D eigenvalue weighted by Gasteiger charge is 2.30. The maximum absolute atomic E-state index is 5.42. The molecule has 0 bridgehead atoms. The van der Waals surface area contributed by atoms with Gasteiger partial charge in [-0.1, -0.05) is 38.8 Å². The molecule has 1 aromatic carbocycles. The maximum Gasteiger partial charge on any atom is 0.119 e. The Balaban J connectivity index is 2.20. The maximum atomic E-state index is 5.42. The van der Waals surface area contributed by atoms with Crippen LogP contribution < -0.4 is 4.74 Å². The van der Waals surface area contributed by atoms with Gasteiger partial charge in [0.2, 0.25) is 0 Å². The number of hydrogen-bond donors (Lipinski definition) is 0. The van der Waals surface area contributed by atoms with Gasteiger partial charge in [-0.25, -0.2) is 0 Å². The van der Waals surface area contributed by atoms with E-state index in [4.69, 9.17) is 4.74 Å². The van der Waals surface area contributed by atoms with Gasteiger partial charge in [-0.2, -0.15) is 0 Å². The molecule has 0 heterocycles. The topological polar surface area (TPSA) is 12.5 Å². The highest BCUT2D eigenvalue weighted by atomic mass is 16.5. The van der Waals surface area contributed by atoms with Crippen LogP contribution >= 0.6 is 0 Å². The van der Waals surface area contributed by atoms with Gasteiger partial charge in [-0.05, 0) is 62.4 Å². The lowest BCUT2D eigenvalue weighted by atomic mass is 9.79. The van der Waals surface area contributed by atoms with Crippen molar-refractivity contribution in [1.29, 1.82) is 0 Å². The van der Waals surface area contributed by atoms with E-state index in [1.807, 2.05) is 0 Å². The molecule has 1 aromatic rings. The number of methoxy groups -OCH3 is 1. The first-order valence-corrected chi connectivity index (χ1v) is 8.68. The molecule has 0 saturated heterocycles. The standard InChI is InChI=1S/C19H31NO/c1-4-13-20(14-5-2)19-12-7-6-11-18(19)16-9-8-10-17(15-16)21-3/h8-10,15,18-19H,4-7,11-14H2,1-3H3/t18-,19-/m1/s1. The summed E-state index contributed by atoms with van der Waals surface area (Å²) < 4.78 is 5.42. The summed E-state index contributed by atoms with van der Waals surface area (Å²) in [6.45, 7) is 7.07. The van der Waals surface area contributed by atoms with Crippen molar-refractivity contribution < 1.29 is 4.74 Å². The summed E-state index contributed by atoms with van der Waals surface area (Å²) >= 11 is 0. The highest BCUT2D eigenvalue weighted by molar-refractivity contribution is 5.32. The minimum absolute atomic E-state index is 0.673. The second-order valence-corrected chi connectivity index (χ2v) is 6.27. The SMILES string of the molecule is CCCN(CCC)[C@@H]1CCCC[C@@H]1c1cccc(OC)c1. The van der Waals surface area contributed by atoms with E-state index in [0.29, 0.717) is 12.0 Å². The van der Waals surface area contributed by atoms with Crippen LogP contribution in [0.1, 0.15) is 63.9 Å². The Morgan fingerprint density at radius 2 is 1.81 bits per heavy atom. The number of benzene rings is 1. The van der Waals surface area contributed by atoms with Crippen LogP contribution in [0.5, 0.6) is 5.75 Å². The van der Waals surface area contributed by atoms with Crippen LogP contribution in [0.4, 0.5) is 0 Å². The van der Waals surface area contributed by atoms with E-state index in [0.717, 1.165) is 5.75 Å². The number of rotatable bonds is 7. The molecule has 0 N–H and O–H groups in total. The summed E-state index contributed by atoms with van der Waals surface area (Å²) in [5.74, 6) is 1.67. The second kappa shape index (κ2) is 8.43. The molecule has 0 aliphatic heterocycles. The molecule has 2 heteroatoms. The minimum atomic E-state index is 0.673. The van der Waals surface area contributed by atoms with Crippen LogP contribution in [0.3, 0.4) is 0 Å². The lowest BCUT2D eigenvalue weighted by Crippen LogP contribution is -2.42. The lowest BCUT2D eigenvalue weighted by molar-refractivity contribution is 0.135. The van der Waals surface area contributed by atoms with Gasteiger partial charge in [-0.3, -0.25) is 4.90 Å². The smallest absolute Gasteiger partial charge is 0.119 e. The summed E-state index contributed by atoms with van der Waals surface area (Å²) in [4.78, 5) is 2.74. The molecule has 21 heavy (non-hydrogen) atoms. The van der Waals surface area contributed by atoms with Crippen molar-refractivity contribution >= 4 is 0 Å². The predicted octanol–water partition coefficient (Wildman–Crippen LogP) is 4.84. The Kier molecular flexibility index (Phi) is 6.56. The van der Waals surface area contributed by atoms with Gasteiger partial charge in [0.05, 0.1) is 7.11 Å². The van der Waals surface area contributed by atoms with Crippen molar-refractivity contribution in [3.05, 3.63) is 29.8 Å². The summed E-state index contributed by atoms with van der Waals surface area (Å²) in [6.07, 6.45) is 7.92. The first-order chi connectivity index (χ1) is 10.3. The zero-order valence-electron chi connectivity index (χ0n) is 14.0. The van der Waals surface area contributed by atoms with Crippen molar-refractivity contribution in [3.63, 3.8) is 0 Å². The molecule has 0 unspecified atom stereocenters. The minimum Gasteiger partial charge on any atom is -0.497 e. The van der Waals surface area contributed by atoms with Crippen molar-refractivity contribution in [1.82, 2.24) is 4.90 Å². The molecular formula is C19H31NO. The third-order valence-corrected chi connectivity index (χ3v) is 4.74. The van der Waals surface area contributed by atoms with E-state index in [1.165, 1.54) is 57.2 Å². The van der Waals surface area contributed by atoms with Crippen LogP contribution in [0.15, 0.2) is 24.3 Å². The van der Waals surface area contributed by atoms with Crippen molar-refractivity contribution in [2.24, 2.45) is 0 Å². The van der Waals surface area contributed by atoms with E-state index >= 15 is 0 Å². The second-order valence-electron chi connectivity index (χ2n) is 6.27. The molecule has 1 saturated carbocycles. The molecule has 2 nitrogen and oxygen atoms in total. The molecule has 118 valence electrons. The highest BCUT2D eigenvalue weighted by Crippen LogP contribution is 2.37. The van der Waals surface area contributed by atoms with Gasteiger partial charge >= 0.3 is 0 Å². The zero-order valence-corrected chi connectivity index (χ0v) is 14.0. The van der Waals surface area contributed by atoms with E-state index in [1.54, 1.807) is 7.11 Å². The van der Waals surface area contributed by atoms with E-state index < -0.39 is 0 Å². The molecule has 2 atom stereocenters. The molecule has 0 radical (unpaired) electrons. The number of hydrogen-bond acceptors (Lipinski definition) is 2. The monoisotopic (exact) mass is 289 g/mol. The van der Waals surface area contributed by atoms with Gasteiger partial charge in [0.15, 0.2) is 0 Å². The van der Waals surface area contributed by atoms with Crippen LogP contribution in [0.2, 0.25) is 0 Å². The van der Waals surface area contributed by atoms with E-state index in [2.05, 4.69) is 43.0 Å². The molecule has 1 fully saturated rings. The Labute approximate surface area is 130 Å². The van der Waals surface area contributed by atoms with Gasteiger partial charge in [0.1, 0.15) is 5.75 Å². The first kappa shape index (κ1) is 16.4. The number of nitrogens with zero attached hydrogens (tertiary/aromatic N) is 1. The summed E-state index contributed by atoms with van der Waals surface area (Å²) in [7, 11) is 1.76. The fourth-order valence-corrected chi connectivity index (χ4v) is 3.83. The summed E-state index contributed by atoms with van der Waals surface area (Å²) in [5, 5.41) is 0. The molecule has 0 aromatic heterocycles. The van der Waals surface area contributed by atoms with Crippen molar-refractivity contribution in [3.8, 4) is 5.75 Å². The molecule has 1 aliphatic rings. The Morgan fingerprint density at radius 1 is 1.10 bits per heavy atom. The fraction of sp³-hybridized carbons (Fsp3) is 0.684. The third kappa shape index (κ3) is 4.23. The largest absolute Gasteiger partial charge is 0.497 e. The van der Waals surface area contributed by atoms with Gasteiger partial charge < -0.3 is 4.74 Å². The zero-order chi connectivity index (χ0) is 15.1. The lowest BCUT2D eigenvalue weighted by Gasteiger charge is -2.40. The number of ether oxygens (including phenoxy) is 1. The first-order valence-electron chi connectivity index (χ1n) is 8.68. The molecule has 0 amide bonds.